The molecule has 0 atom stereocenters. The van der Waals surface area contributed by atoms with Gasteiger partial charge in [0.25, 0.3) is 0 Å². The van der Waals surface area contributed by atoms with Crippen LogP contribution in [0.15, 0.2) is 10.5 Å². The first kappa shape index (κ1) is 7.83. The lowest BCUT2D eigenvalue weighted by Crippen LogP contribution is -2.25. The highest BCUT2D eigenvalue weighted by Gasteiger charge is 2.17. The van der Waals surface area contributed by atoms with E-state index in [1.54, 1.807) is 0 Å². The first-order chi connectivity index (χ1) is 5.79. The van der Waals surface area contributed by atoms with Crippen LogP contribution in [0.25, 0.3) is 0 Å². The van der Waals surface area contributed by atoms with Crippen molar-refractivity contribution in [3.63, 3.8) is 0 Å². The molecule has 2 heterocycles. The summed E-state index contributed by atoms with van der Waals surface area (Å²) in [4.78, 5) is 2.26. The molecular formula is C9H14N2O. The van der Waals surface area contributed by atoms with Gasteiger partial charge in [-0.2, -0.15) is 0 Å². The fourth-order valence-electron chi connectivity index (χ4n) is 1.61. The Kier molecular flexibility index (Phi) is 1.90. The molecule has 1 aromatic rings. The van der Waals surface area contributed by atoms with Crippen molar-refractivity contribution in [2.75, 3.05) is 13.6 Å². The summed E-state index contributed by atoms with van der Waals surface area (Å²) in [5, 5.41) is 0. The maximum atomic E-state index is 5.56. The van der Waals surface area contributed by atoms with Gasteiger partial charge in [-0.15, -0.1) is 0 Å². The smallest absolute Gasteiger partial charge is 0.121 e. The van der Waals surface area contributed by atoms with E-state index < -0.39 is 0 Å². The highest BCUT2D eigenvalue weighted by atomic mass is 16.3. The summed E-state index contributed by atoms with van der Waals surface area (Å²) in [5.74, 6) is 2.01. The van der Waals surface area contributed by atoms with Crippen molar-refractivity contribution >= 4 is 0 Å². The van der Waals surface area contributed by atoms with Crippen LogP contribution in [-0.4, -0.2) is 18.5 Å². The lowest BCUT2D eigenvalue weighted by atomic mass is 10.1. The van der Waals surface area contributed by atoms with Crippen LogP contribution in [-0.2, 0) is 19.5 Å². The molecule has 0 radical (unpaired) electrons. The monoisotopic (exact) mass is 166 g/mol. The topological polar surface area (TPSA) is 42.4 Å². The second-order valence-electron chi connectivity index (χ2n) is 3.35. The Bertz CT molecular complexity index is 280. The average molecular weight is 166 g/mol. The van der Waals surface area contributed by atoms with Crippen LogP contribution in [0.3, 0.4) is 0 Å². The van der Waals surface area contributed by atoms with Crippen molar-refractivity contribution in [1.82, 2.24) is 4.90 Å². The number of hydrogen-bond acceptors (Lipinski definition) is 3. The van der Waals surface area contributed by atoms with Gasteiger partial charge in [0.2, 0.25) is 0 Å². The average Bonchev–Trinajstić information content (AvgIpc) is 2.46. The standard InChI is InChI=1S/C9H14N2O/c1-11-3-2-7-4-8(5-10)12-9(7)6-11/h4H,2-3,5-6,10H2,1H3. The molecule has 12 heavy (non-hydrogen) atoms. The second kappa shape index (κ2) is 2.92. The molecule has 2 rings (SSSR count). The van der Waals surface area contributed by atoms with Gasteiger partial charge in [-0.05, 0) is 25.1 Å². The Morgan fingerprint density at radius 1 is 1.67 bits per heavy atom. The van der Waals surface area contributed by atoms with E-state index in [4.69, 9.17) is 10.2 Å². The molecule has 0 saturated heterocycles. The number of furan rings is 1. The maximum Gasteiger partial charge on any atom is 0.121 e. The van der Waals surface area contributed by atoms with E-state index in [9.17, 15) is 0 Å². The van der Waals surface area contributed by atoms with E-state index in [0.29, 0.717) is 6.54 Å². The Labute approximate surface area is 72.1 Å². The van der Waals surface area contributed by atoms with Gasteiger partial charge in [0, 0.05) is 6.54 Å². The molecule has 3 nitrogen and oxygen atoms in total. The van der Waals surface area contributed by atoms with Crippen LogP contribution in [0.5, 0.6) is 0 Å². The molecule has 0 fully saturated rings. The zero-order valence-electron chi connectivity index (χ0n) is 7.34. The molecule has 0 saturated carbocycles. The lowest BCUT2D eigenvalue weighted by molar-refractivity contribution is 0.273. The molecule has 0 bridgehead atoms. The van der Waals surface area contributed by atoms with Crippen molar-refractivity contribution in [1.29, 1.82) is 0 Å². The molecule has 0 amide bonds. The predicted octanol–water partition coefficient (Wildman–Crippen LogP) is 0.726. The van der Waals surface area contributed by atoms with E-state index in [-0.39, 0.29) is 0 Å². The van der Waals surface area contributed by atoms with Gasteiger partial charge in [-0.1, -0.05) is 0 Å². The van der Waals surface area contributed by atoms with Crippen LogP contribution < -0.4 is 5.73 Å². The fourth-order valence-corrected chi connectivity index (χ4v) is 1.61. The van der Waals surface area contributed by atoms with Gasteiger partial charge in [0.05, 0.1) is 13.1 Å². The van der Waals surface area contributed by atoms with Gasteiger partial charge < -0.3 is 10.2 Å². The summed E-state index contributed by atoms with van der Waals surface area (Å²) in [7, 11) is 2.10. The van der Waals surface area contributed by atoms with E-state index in [2.05, 4.69) is 18.0 Å². The molecular weight excluding hydrogens is 152 g/mol. The molecule has 2 N–H and O–H groups in total. The summed E-state index contributed by atoms with van der Waals surface area (Å²) in [5.41, 5.74) is 6.83. The minimum Gasteiger partial charge on any atom is -0.463 e. The molecule has 0 aliphatic carbocycles. The molecule has 1 aliphatic heterocycles. The van der Waals surface area contributed by atoms with Crippen LogP contribution in [0.1, 0.15) is 17.1 Å². The van der Waals surface area contributed by atoms with E-state index in [1.807, 2.05) is 0 Å². The third-order valence-electron chi connectivity index (χ3n) is 2.33. The lowest BCUT2D eigenvalue weighted by Gasteiger charge is -2.20. The molecule has 0 aromatic carbocycles. The second-order valence-corrected chi connectivity index (χ2v) is 3.35. The van der Waals surface area contributed by atoms with Gasteiger partial charge in [0.1, 0.15) is 11.5 Å². The molecule has 0 unspecified atom stereocenters. The highest BCUT2D eigenvalue weighted by Crippen LogP contribution is 2.21. The molecule has 66 valence electrons. The van der Waals surface area contributed by atoms with Crippen molar-refractivity contribution in [3.8, 4) is 0 Å². The summed E-state index contributed by atoms with van der Waals surface area (Å²) in [6.07, 6.45) is 1.09. The largest absolute Gasteiger partial charge is 0.463 e. The van der Waals surface area contributed by atoms with Gasteiger partial charge in [-0.3, -0.25) is 4.90 Å². The number of nitrogens with two attached hydrogens (primary N) is 1. The summed E-state index contributed by atoms with van der Waals surface area (Å²) in [6.45, 7) is 2.56. The minimum absolute atomic E-state index is 0.511. The third-order valence-corrected chi connectivity index (χ3v) is 2.33. The number of rotatable bonds is 1. The maximum absolute atomic E-state index is 5.56. The van der Waals surface area contributed by atoms with Crippen molar-refractivity contribution in [3.05, 3.63) is 23.2 Å². The highest BCUT2D eigenvalue weighted by molar-refractivity contribution is 5.24. The van der Waals surface area contributed by atoms with Gasteiger partial charge in [-0.25, -0.2) is 0 Å². The number of hydrogen-bond donors (Lipinski definition) is 1. The van der Waals surface area contributed by atoms with Gasteiger partial charge >= 0.3 is 0 Å². The normalized spacial score (nSPS) is 17.8. The first-order valence-electron chi connectivity index (χ1n) is 4.28. The Balaban J connectivity index is 2.28. The van der Waals surface area contributed by atoms with Crippen LogP contribution in [0, 0.1) is 0 Å². The van der Waals surface area contributed by atoms with Crippen molar-refractivity contribution < 1.29 is 4.42 Å². The van der Waals surface area contributed by atoms with Crippen LogP contribution in [0.4, 0.5) is 0 Å². The third kappa shape index (κ3) is 1.26. The summed E-state index contributed by atoms with van der Waals surface area (Å²) in [6, 6.07) is 2.09. The Morgan fingerprint density at radius 3 is 3.25 bits per heavy atom. The molecule has 1 aliphatic rings. The van der Waals surface area contributed by atoms with E-state index in [1.165, 1.54) is 5.56 Å². The zero-order chi connectivity index (χ0) is 8.55. The number of likely N-dealkylation sites (N-methyl/N-ethyl adjacent to an activating group) is 1. The van der Waals surface area contributed by atoms with Crippen LogP contribution in [0.2, 0.25) is 0 Å². The summed E-state index contributed by atoms with van der Waals surface area (Å²) < 4.78 is 5.56. The van der Waals surface area contributed by atoms with Crippen LogP contribution >= 0.6 is 0 Å². The van der Waals surface area contributed by atoms with E-state index in [0.717, 1.165) is 31.0 Å². The molecule has 1 aromatic heterocycles. The Morgan fingerprint density at radius 2 is 2.50 bits per heavy atom. The van der Waals surface area contributed by atoms with E-state index >= 15 is 0 Å². The SMILES string of the molecule is CN1CCc2cc(CN)oc2C1. The summed E-state index contributed by atoms with van der Waals surface area (Å²) >= 11 is 0. The number of nitrogens with zero attached hydrogens (tertiary/aromatic N) is 1. The fraction of sp³-hybridized carbons (Fsp3) is 0.556. The molecule has 3 heteroatoms. The van der Waals surface area contributed by atoms with Crippen molar-refractivity contribution in [2.45, 2.75) is 19.5 Å². The Hall–Kier alpha value is -0.800. The van der Waals surface area contributed by atoms with Gasteiger partial charge in [0.15, 0.2) is 0 Å². The minimum atomic E-state index is 0.511. The zero-order valence-corrected chi connectivity index (χ0v) is 7.34. The quantitative estimate of drug-likeness (QED) is 0.668. The van der Waals surface area contributed by atoms with Crippen molar-refractivity contribution in [2.24, 2.45) is 5.73 Å². The first-order valence-corrected chi connectivity index (χ1v) is 4.28. The number of fused-ring (bicyclic) bond motifs is 1. The molecule has 0 spiro atoms. The predicted molar refractivity (Wildman–Crippen MR) is 46.6 cm³/mol.